The Morgan fingerprint density at radius 2 is 2.05 bits per heavy atom. The second kappa shape index (κ2) is 5.50. The molecule has 1 aromatic heterocycles. The van der Waals surface area contributed by atoms with Gasteiger partial charge in [-0.25, -0.2) is 0 Å². The van der Waals surface area contributed by atoms with Gasteiger partial charge in [-0.1, -0.05) is 11.6 Å². The highest BCUT2D eigenvalue weighted by Crippen LogP contribution is 2.34. The Labute approximate surface area is 121 Å². The molecule has 0 aliphatic heterocycles. The Morgan fingerprint density at radius 3 is 2.70 bits per heavy atom. The minimum Gasteiger partial charge on any atom is -0.397 e. The third-order valence-corrected chi connectivity index (χ3v) is 4.17. The summed E-state index contributed by atoms with van der Waals surface area (Å²) in [5.41, 5.74) is 7.60. The molecule has 0 spiro atoms. The fourth-order valence-electron chi connectivity index (χ4n) is 1.79. The first-order chi connectivity index (χ1) is 9.40. The molecule has 0 radical (unpaired) electrons. The number of nitrogen functional groups attached to an aromatic ring is 1. The Hall–Kier alpha value is -2.08. The van der Waals surface area contributed by atoms with E-state index in [1.54, 1.807) is 14.1 Å². The highest BCUT2D eigenvalue weighted by Gasteiger charge is 2.17. The highest BCUT2D eigenvalue weighted by atomic mass is 32.1. The summed E-state index contributed by atoms with van der Waals surface area (Å²) in [6, 6.07) is 5.89. The first-order valence-corrected chi connectivity index (χ1v) is 6.98. The first-order valence-electron chi connectivity index (χ1n) is 6.17. The molecule has 20 heavy (non-hydrogen) atoms. The molecule has 0 atom stereocenters. The molecule has 2 amide bonds. The normalized spacial score (nSPS) is 10.6. The number of carbonyl (C=O) groups is 2. The number of aryl methyl sites for hydroxylation is 1. The molecule has 0 bridgehead atoms. The lowest BCUT2D eigenvalue weighted by atomic mass is 10.1. The van der Waals surface area contributed by atoms with Crippen molar-refractivity contribution in [3.8, 4) is 0 Å². The molecule has 0 aliphatic rings. The number of carbonyl (C=O) groups excluding carboxylic acids is 2. The fraction of sp³-hybridized carbons (Fsp3) is 0.286. The van der Waals surface area contributed by atoms with Crippen molar-refractivity contribution >= 4 is 38.9 Å². The number of fused-ring (bicyclic) bond motifs is 1. The van der Waals surface area contributed by atoms with Gasteiger partial charge in [0.25, 0.3) is 5.91 Å². The molecule has 3 N–H and O–H groups in total. The van der Waals surface area contributed by atoms with Crippen LogP contribution in [0.2, 0.25) is 0 Å². The summed E-state index contributed by atoms with van der Waals surface area (Å²) in [7, 11) is 3.29. The smallest absolute Gasteiger partial charge is 0.263 e. The Balaban J connectivity index is 2.22. The average Bonchev–Trinajstić information content (AvgIpc) is 2.73. The third kappa shape index (κ3) is 2.75. The number of likely N-dealkylation sites (N-methyl/N-ethyl adjacent to an activating group) is 1. The molecular weight excluding hydrogens is 274 g/mol. The van der Waals surface area contributed by atoms with Gasteiger partial charge in [-0.3, -0.25) is 9.59 Å². The highest BCUT2D eigenvalue weighted by molar-refractivity contribution is 7.21. The van der Waals surface area contributed by atoms with E-state index >= 15 is 0 Å². The van der Waals surface area contributed by atoms with Gasteiger partial charge >= 0.3 is 0 Å². The molecule has 5 nitrogen and oxygen atoms in total. The van der Waals surface area contributed by atoms with Crippen LogP contribution in [0.15, 0.2) is 18.2 Å². The van der Waals surface area contributed by atoms with E-state index in [9.17, 15) is 9.59 Å². The van der Waals surface area contributed by atoms with E-state index in [-0.39, 0.29) is 18.4 Å². The maximum absolute atomic E-state index is 12.1. The largest absolute Gasteiger partial charge is 0.397 e. The molecule has 0 aliphatic carbocycles. The van der Waals surface area contributed by atoms with Crippen molar-refractivity contribution in [2.45, 2.75) is 6.92 Å². The van der Waals surface area contributed by atoms with Gasteiger partial charge in [0.15, 0.2) is 0 Å². The van der Waals surface area contributed by atoms with Crippen molar-refractivity contribution in [1.82, 2.24) is 10.2 Å². The van der Waals surface area contributed by atoms with Gasteiger partial charge in [0.05, 0.1) is 12.2 Å². The molecule has 0 saturated carbocycles. The average molecular weight is 291 g/mol. The van der Waals surface area contributed by atoms with E-state index < -0.39 is 0 Å². The van der Waals surface area contributed by atoms with E-state index in [1.807, 2.05) is 25.1 Å². The summed E-state index contributed by atoms with van der Waals surface area (Å²) in [6.07, 6.45) is 0. The van der Waals surface area contributed by atoms with Gasteiger partial charge in [0.2, 0.25) is 5.91 Å². The van der Waals surface area contributed by atoms with Crippen molar-refractivity contribution in [1.29, 1.82) is 0 Å². The number of rotatable bonds is 3. The standard InChI is InChI=1S/C14H17N3O2S/c1-8-4-5-10-9(6-8)12(15)13(20-10)14(19)16-7-11(18)17(2)3/h4-6H,7,15H2,1-3H3,(H,16,19). The molecule has 2 rings (SSSR count). The van der Waals surface area contributed by atoms with Gasteiger partial charge in [0.1, 0.15) is 4.88 Å². The van der Waals surface area contributed by atoms with E-state index in [4.69, 9.17) is 5.73 Å². The molecule has 0 saturated heterocycles. The summed E-state index contributed by atoms with van der Waals surface area (Å²) in [5, 5.41) is 3.48. The number of hydrogen-bond acceptors (Lipinski definition) is 4. The summed E-state index contributed by atoms with van der Waals surface area (Å²) in [6.45, 7) is 1.95. The maximum atomic E-state index is 12.1. The monoisotopic (exact) mass is 291 g/mol. The van der Waals surface area contributed by atoms with Crippen molar-refractivity contribution in [2.75, 3.05) is 26.4 Å². The van der Waals surface area contributed by atoms with Crippen molar-refractivity contribution in [2.24, 2.45) is 0 Å². The molecule has 1 aromatic carbocycles. The van der Waals surface area contributed by atoms with Crippen LogP contribution < -0.4 is 11.1 Å². The summed E-state index contributed by atoms with van der Waals surface area (Å²) >= 11 is 1.34. The lowest BCUT2D eigenvalue weighted by Crippen LogP contribution is -2.36. The summed E-state index contributed by atoms with van der Waals surface area (Å²) in [5.74, 6) is -0.467. The van der Waals surface area contributed by atoms with E-state index in [1.165, 1.54) is 16.2 Å². The van der Waals surface area contributed by atoms with Crippen molar-refractivity contribution in [3.05, 3.63) is 28.6 Å². The predicted molar refractivity (Wildman–Crippen MR) is 82.0 cm³/mol. The molecule has 6 heteroatoms. The van der Waals surface area contributed by atoms with Crippen LogP contribution in [-0.2, 0) is 4.79 Å². The number of hydrogen-bond donors (Lipinski definition) is 2. The van der Waals surface area contributed by atoms with E-state index in [2.05, 4.69) is 5.32 Å². The lowest BCUT2D eigenvalue weighted by molar-refractivity contribution is -0.127. The van der Waals surface area contributed by atoms with Crippen LogP contribution in [0, 0.1) is 6.92 Å². The van der Waals surface area contributed by atoms with E-state index in [0.717, 1.165) is 15.6 Å². The fourth-order valence-corrected chi connectivity index (χ4v) is 2.81. The van der Waals surface area contributed by atoms with Crippen LogP contribution in [-0.4, -0.2) is 37.4 Å². The minimum absolute atomic E-state index is 0.0292. The molecular formula is C14H17N3O2S. The zero-order valence-corrected chi connectivity index (χ0v) is 12.5. The number of amides is 2. The molecule has 0 unspecified atom stereocenters. The van der Waals surface area contributed by atoms with Gasteiger partial charge in [0, 0.05) is 24.2 Å². The van der Waals surface area contributed by atoms with Gasteiger partial charge in [-0.2, -0.15) is 0 Å². The maximum Gasteiger partial charge on any atom is 0.263 e. The van der Waals surface area contributed by atoms with E-state index in [0.29, 0.717) is 10.6 Å². The molecule has 2 aromatic rings. The van der Waals surface area contributed by atoms with Crippen molar-refractivity contribution < 1.29 is 9.59 Å². The first kappa shape index (κ1) is 14.3. The Bertz CT molecular complexity index is 676. The quantitative estimate of drug-likeness (QED) is 0.902. The number of benzene rings is 1. The topological polar surface area (TPSA) is 75.4 Å². The van der Waals surface area contributed by atoms with Gasteiger partial charge in [-0.15, -0.1) is 11.3 Å². The number of nitrogens with zero attached hydrogens (tertiary/aromatic N) is 1. The molecule has 106 valence electrons. The molecule has 1 heterocycles. The summed E-state index contributed by atoms with van der Waals surface area (Å²) < 4.78 is 0.970. The second-order valence-electron chi connectivity index (χ2n) is 4.82. The van der Waals surface area contributed by atoms with Crippen molar-refractivity contribution in [3.63, 3.8) is 0 Å². The molecule has 0 fully saturated rings. The number of anilines is 1. The van der Waals surface area contributed by atoms with Crippen LogP contribution in [0.4, 0.5) is 5.69 Å². The minimum atomic E-state index is -0.309. The van der Waals surface area contributed by atoms with Crippen LogP contribution >= 0.6 is 11.3 Å². The number of nitrogens with two attached hydrogens (primary N) is 1. The Kier molecular flexibility index (Phi) is 3.94. The second-order valence-corrected chi connectivity index (χ2v) is 5.87. The third-order valence-electron chi connectivity index (χ3n) is 2.99. The van der Waals surface area contributed by atoms with Crippen LogP contribution in [0.1, 0.15) is 15.2 Å². The van der Waals surface area contributed by atoms with Crippen LogP contribution in [0.25, 0.3) is 10.1 Å². The Morgan fingerprint density at radius 1 is 1.35 bits per heavy atom. The van der Waals surface area contributed by atoms with Crippen LogP contribution in [0.3, 0.4) is 0 Å². The van der Waals surface area contributed by atoms with Gasteiger partial charge in [-0.05, 0) is 19.1 Å². The number of nitrogens with one attached hydrogen (secondary N) is 1. The summed E-state index contributed by atoms with van der Waals surface area (Å²) in [4.78, 5) is 25.4. The zero-order valence-electron chi connectivity index (χ0n) is 11.7. The number of thiophene rings is 1. The SMILES string of the molecule is Cc1ccc2sc(C(=O)NCC(=O)N(C)C)c(N)c2c1. The van der Waals surface area contributed by atoms with Crippen LogP contribution in [0.5, 0.6) is 0 Å². The zero-order chi connectivity index (χ0) is 14.9. The van der Waals surface area contributed by atoms with Gasteiger partial charge < -0.3 is 16.0 Å². The lowest BCUT2D eigenvalue weighted by Gasteiger charge is -2.10. The predicted octanol–water partition coefficient (Wildman–Crippen LogP) is 1.61.